The summed E-state index contributed by atoms with van der Waals surface area (Å²) in [5.74, 6) is -0.0456. The zero-order valence-electron chi connectivity index (χ0n) is 25.2. The zero-order chi connectivity index (χ0) is 31.6. The van der Waals surface area contributed by atoms with Crippen molar-refractivity contribution in [1.29, 1.82) is 0 Å². The van der Waals surface area contributed by atoms with Gasteiger partial charge in [0.15, 0.2) is 11.3 Å². The highest BCUT2D eigenvalue weighted by atomic mass is 32.2. The van der Waals surface area contributed by atoms with Crippen molar-refractivity contribution in [3.8, 4) is 11.3 Å². The monoisotopic (exact) mass is 654 g/mol. The Balaban J connectivity index is 1.19. The maximum Gasteiger partial charge on any atom is 0.407 e. The van der Waals surface area contributed by atoms with Crippen molar-refractivity contribution >= 4 is 32.4 Å². The van der Waals surface area contributed by atoms with Crippen LogP contribution in [0.5, 0.6) is 0 Å². The van der Waals surface area contributed by atoms with Crippen LogP contribution in [0.25, 0.3) is 16.2 Å². The number of aromatic nitrogens is 2. The van der Waals surface area contributed by atoms with Gasteiger partial charge in [-0.3, -0.25) is 4.40 Å². The van der Waals surface area contributed by atoms with E-state index in [-0.39, 0.29) is 49.1 Å². The first-order valence-electron chi connectivity index (χ1n) is 15.1. The molecule has 2 fully saturated rings. The maximum atomic E-state index is 13.9. The van der Waals surface area contributed by atoms with Gasteiger partial charge in [0, 0.05) is 36.4 Å². The fourth-order valence-electron chi connectivity index (χ4n) is 5.85. The highest BCUT2D eigenvalue weighted by Gasteiger charge is 2.44. The number of nitrogens with one attached hydrogen (secondary N) is 1. The van der Waals surface area contributed by atoms with E-state index in [4.69, 9.17) is 14.2 Å². The molecule has 0 aliphatic carbocycles. The summed E-state index contributed by atoms with van der Waals surface area (Å²) in [5, 5.41) is 16.3. The van der Waals surface area contributed by atoms with Crippen LogP contribution >= 0.6 is 11.3 Å². The van der Waals surface area contributed by atoms with Gasteiger partial charge in [-0.2, -0.15) is 4.31 Å². The molecular weight excluding hydrogens is 617 g/mol. The normalized spacial score (nSPS) is 21.3. The fraction of sp³-hybridized carbons (Fsp3) is 0.438. The van der Waals surface area contributed by atoms with Gasteiger partial charge in [0.25, 0.3) is 0 Å². The number of amides is 1. The lowest BCUT2D eigenvalue weighted by Gasteiger charge is -2.31. The first-order chi connectivity index (χ1) is 21.7. The Kier molecular flexibility index (Phi) is 9.54. The molecule has 2 aromatic carbocycles. The number of hydrogen-bond acceptors (Lipinski definition) is 9. The highest BCUT2D eigenvalue weighted by molar-refractivity contribution is 7.89. The van der Waals surface area contributed by atoms with Crippen LogP contribution in [0.1, 0.15) is 25.8 Å². The summed E-state index contributed by atoms with van der Waals surface area (Å²) in [6.07, 6.45) is 2.10. The number of imidazole rings is 1. The zero-order valence-corrected chi connectivity index (χ0v) is 26.8. The summed E-state index contributed by atoms with van der Waals surface area (Å²) >= 11 is 1.52. The Morgan fingerprint density at radius 1 is 1.16 bits per heavy atom. The van der Waals surface area contributed by atoms with Crippen molar-refractivity contribution in [2.45, 2.75) is 56.1 Å². The number of alkyl carbamates (subject to hydrolysis) is 1. The summed E-state index contributed by atoms with van der Waals surface area (Å²) in [4.78, 5) is 18.7. The Hall–Kier alpha value is -3.33. The van der Waals surface area contributed by atoms with E-state index in [0.29, 0.717) is 6.61 Å². The smallest absolute Gasteiger partial charge is 0.407 e. The van der Waals surface area contributed by atoms with E-state index < -0.39 is 34.4 Å². The molecule has 2 aliphatic heterocycles. The summed E-state index contributed by atoms with van der Waals surface area (Å²) in [5.41, 5.74) is 2.43. The minimum Gasteiger partial charge on any atom is -0.443 e. The van der Waals surface area contributed by atoms with Gasteiger partial charge < -0.3 is 24.6 Å². The molecule has 5 atom stereocenters. The molecule has 45 heavy (non-hydrogen) atoms. The van der Waals surface area contributed by atoms with Crippen molar-refractivity contribution in [2.24, 2.45) is 11.8 Å². The van der Waals surface area contributed by atoms with Crippen molar-refractivity contribution in [2.75, 3.05) is 26.3 Å². The van der Waals surface area contributed by atoms with Gasteiger partial charge in [0.1, 0.15) is 6.10 Å². The molecule has 2 aromatic heterocycles. The van der Waals surface area contributed by atoms with Crippen LogP contribution in [0, 0.1) is 11.8 Å². The van der Waals surface area contributed by atoms with Crippen LogP contribution in [0.3, 0.4) is 0 Å². The number of nitrogens with zero attached hydrogens (tertiary/aromatic N) is 3. The number of fused-ring (bicyclic) bond motifs is 2. The lowest BCUT2D eigenvalue weighted by molar-refractivity contribution is -0.0907. The van der Waals surface area contributed by atoms with Crippen molar-refractivity contribution in [3.05, 3.63) is 77.9 Å². The fourth-order valence-corrected chi connectivity index (χ4v) is 8.17. The average Bonchev–Trinajstić information content (AvgIpc) is 3.81. The molecule has 4 heterocycles. The Morgan fingerprint density at radius 3 is 2.67 bits per heavy atom. The number of sulfonamides is 1. The SMILES string of the molecule is CC(C)CN(C[C@@H](O)[C@H](Cc1ccccc1)NC(=O)O[C@H]1CO[C@H]2OCC[C@H]21)S(=O)(=O)c1ccc(-c2cn3ccsc3n2)cc1. The molecule has 1 amide bonds. The maximum absolute atomic E-state index is 13.9. The second kappa shape index (κ2) is 13.6. The Labute approximate surface area is 266 Å². The van der Waals surface area contributed by atoms with Gasteiger partial charge in [-0.1, -0.05) is 56.3 Å². The summed E-state index contributed by atoms with van der Waals surface area (Å²) in [6.45, 7) is 4.60. The minimum atomic E-state index is -3.99. The second-order valence-corrected chi connectivity index (χ2v) is 14.7. The van der Waals surface area contributed by atoms with Gasteiger partial charge in [-0.05, 0) is 36.5 Å². The number of hydrogen-bond donors (Lipinski definition) is 2. The van der Waals surface area contributed by atoms with Gasteiger partial charge in [-0.25, -0.2) is 18.2 Å². The number of ether oxygens (including phenoxy) is 3. The third kappa shape index (κ3) is 7.24. The largest absolute Gasteiger partial charge is 0.443 e. The molecule has 2 aliphatic rings. The number of carbonyl (C=O) groups is 1. The molecular formula is C32H38N4O7S2. The molecule has 0 unspecified atom stereocenters. The van der Waals surface area contributed by atoms with E-state index in [1.54, 1.807) is 24.3 Å². The molecule has 6 rings (SSSR count). The van der Waals surface area contributed by atoms with Gasteiger partial charge in [-0.15, -0.1) is 11.3 Å². The van der Waals surface area contributed by atoms with Gasteiger partial charge >= 0.3 is 6.09 Å². The number of rotatable bonds is 12. The topological polar surface area (TPSA) is 132 Å². The first-order valence-corrected chi connectivity index (χ1v) is 17.4. The Bertz CT molecular complexity index is 1660. The van der Waals surface area contributed by atoms with Crippen LogP contribution in [0.15, 0.2) is 77.3 Å². The van der Waals surface area contributed by atoms with E-state index >= 15 is 0 Å². The van der Waals surface area contributed by atoms with Crippen molar-refractivity contribution in [3.63, 3.8) is 0 Å². The predicted octanol–water partition coefficient (Wildman–Crippen LogP) is 4.17. The van der Waals surface area contributed by atoms with Crippen LogP contribution < -0.4 is 5.32 Å². The molecule has 0 radical (unpaired) electrons. The van der Waals surface area contributed by atoms with Crippen LogP contribution in [-0.4, -0.2) is 84.2 Å². The molecule has 0 bridgehead atoms. The van der Waals surface area contributed by atoms with E-state index in [9.17, 15) is 18.3 Å². The van der Waals surface area contributed by atoms with E-state index in [2.05, 4.69) is 10.3 Å². The Morgan fingerprint density at radius 2 is 1.93 bits per heavy atom. The third-order valence-electron chi connectivity index (χ3n) is 8.15. The molecule has 0 spiro atoms. The predicted molar refractivity (Wildman–Crippen MR) is 169 cm³/mol. The standard InChI is InChI=1S/C32H38N4O7S2/c1-21(2)17-36(45(39,40)24-10-8-23(9-11-24)27-18-35-13-15-44-31(35)33-27)19-28(37)26(16-22-6-4-3-5-7-22)34-32(38)43-29-20-42-30-25(29)12-14-41-30/h3-11,13,15,18,21,25-26,28-30,37H,12,14,16-17,19-20H2,1-2H3,(H,34,38)/t25-,26-,28+,29-,30+/m0/s1. The van der Waals surface area contributed by atoms with Crippen LogP contribution in [-0.2, 0) is 30.7 Å². The van der Waals surface area contributed by atoms with E-state index in [1.165, 1.54) is 15.6 Å². The second-order valence-electron chi connectivity index (χ2n) is 11.9. The van der Waals surface area contributed by atoms with E-state index in [1.807, 2.05) is 66.4 Å². The van der Waals surface area contributed by atoms with Gasteiger partial charge in [0.2, 0.25) is 10.0 Å². The van der Waals surface area contributed by atoms with Gasteiger partial charge in [0.05, 0.1) is 41.9 Å². The molecule has 4 aromatic rings. The number of aliphatic hydroxyl groups excluding tert-OH is 1. The highest BCUT2D eigenvalue weighted by Crippen LogP contribution is 2.33. The lowest BCUT2D eigenvalue weighted by Crippen LogP contribution is -2.51. The molecule has 11 nitrogen and oxygen atoms in total. The average molecular weight is 655 g/mol. The molecule has 2 N–H and O–H groups in total. The van der Waals surface area contributed by atoms with Crippen LogP contribution in [0.4, 0.5) is 4.79 Å². The number of thiazole rings is 1. The summed E-state index contributed by atoms with van der Waals surface area (Å²) in [7, 11) is -3.99. The lowest BCUT2D eigenvalue weighted by atomic mass is 10.0. The molecule has 2 saturated heterocycles. The van der Waals surface area contributed by atoms with E-state index in [0.717, 1.165) is 28.2 Å². The number of aliphatic hydroxyl groups is 1. The first kappa shape index (κ1) is 31.6. The van der Waals surface area contributed by atoms with Crippen LogP contribution in [0.2, 0.25) is 0 Å². The summed E-state index contributed by atoms with van der Waals surface area (Å²) < 4.78 is 47.9. The van der Waals surface area contributed by atoms with Crippen molar-refractivity contribution in [1.82, 2.24) is 19.0 Å². The van der Waals surface area contributed by atoms with Crippen molar-refractivity contribution < 1.29 is 32.5 Å². The third-order valence-corrected chi connectivity index (χ3v) is 10.8. The molecule has 240 valence electrons. The number of carbonyl (C=O) groups excluding carboxylic acids is 1. The number of benzene rings is 2. The minimum absolute atomic E-state index is 0.0147. The molecule has 0 saturated carbocycles. The quantitative estimate of drug-likeness (QED) is 0.233. The molecule has 13 heteroatoms. The summed E-state index contributed by atoms with van der Waals surface area (Å²) in [6, 6.07) is 15.2.